The highest BCUT2D eigenvalue weighted by molar-refractivity contribution is 7.98. The summed E-state index contributed by atoms with van der Waals surface area (Å²) in [6.07, 6.45) is 10.9. The summed E-state index contributed by atoms with van der Waals surface area (Å²) in [5, 5.41) is 4.02. The highest BCUT2D eigenvalue weighted by Gasteiger charge is 2.20. The summed E-state index contributed by atoms with van der Waals surface area (Å²) in [6, 6.07) is 1.72. The van der Waals surface area contributed by atoms with Crippen molar-refractivity contribution in [2.24, 2.45) is 0 Å². The third-order valence-corrected chi connectivity index (χ3v) is 5.23. The molecule has 1 fully saturated rings. The zero-order valence-electron chi connectivity index (χ0n) is 13.6. The second-order valence-corrected chi connectivity index (χ2v) is 7.30. The molecule has 0 saturated heterocycles. The molecule has 2 aromatic heterocycles. The molecule has 132 valence electrons. The van der Waals surface area contributed by atoms with Crippen LogP contribution in [0.25, 0.3) is 0 Å². The second kappa shape index (κ2) is 8.25. The molecule has 1 N–H and O–H groups in total. The smallest absolute Gasteiger partial charge is 0.257 e. The number of rotatable bonds is 5. The van der Waals surface area contributed by atoms with Gasteiger partial charge in [-0.05, 0) is 38.0 Å². The van der Waals surface area contributed by atoms with E-state index >= 15 is 0 Å². The number of carbonyl (C=O) groups excluding carboxylic acids is 1. The maximum absolute atomic E-state index is 12.6. The molecule has 1 saturated carbocycles. The quantitative estimate of drug-likeness (QED) is 0.712. The Morgan fingerprint density at radius 1 is 1.24 bits per heavy atom. The van der Waals surface area contributed by atoms with Crippen molar-refractivity contribution < 1.29 is 9.53 Å². The summed E-state index contributed by atoms with van der Waals surface area (Å²) in [5.41, 5.74) is 0.713. The van der Waals surface area contributed by atoms with Gasteiger partial charge in [-0.25, -0.2) is 4.98 Å². The lowest BCUT2D eigenvalue weighted by molar-refractivity contribution is 0.102. The zero-order chi connectivity index (χ0) is 17.8. The molecule has 0 bridgehead atoms. The fraction of sp³-hybridized carbons (Fsp3) is 0.353. The topological polar surface area (TPSA) is 64.1 Å². The van der Waals surface area contributed by atoms with Crippen LogP contribution in [-0.2, 0) is 0 Å². The molecule has 1 aliphatic rings. The van der Waals surface area contributed by atoms with Gasteiger partial charge >= 0.3 is 0 Å². The summed E-state index contributed by atoms with van der Waals surface area (Å²) in [5.74, 6) is 0.283. The molecule has 8 heteroatoms. The van der Waals surface area contributed by atoms with E-state index in [2.05, 4.69) is 15.3 Å². The van der Waals surface area contributed by atoms with Gasteiger partial charge in [0.05, 0.1) is 27.4 Å². The molecule has 0 aromatic carbocycles. The summed E-state index contributed by atoms with van der Waals surface area (Å²) in [6.45, 7) is 0. The largest absolute Gasteiger partial charge is 0.488 e. The Bertz CT molecular complexity index is 762. The Morgan fingerprint density at radius 3 is 2.56 bits per heavy atom. The summed E-state index contributed by atoms with van der Waals surface area (Å²) < 4.78 is 6.06. The number of carbonyl (C=O) groups is 1. The number of aromatic nitrogens is 2. The molecular formula is C17H17Cl2N3O2S. The van der Waals surface area contributed by atoms with E-state index in [0.29, 0.717) is 17.0 Å². The minimum Gasteiger partial charge on any atom is -0.488 e. The minimum absolute atomic E-state index is 0.190. The molecule has 0 aliphatic heterocycles. The van der Waals surface area contributed by atoms with Gasteiger partial charge in [0, 0.05) is 18.6 Å². The van der Waals surface area contributed by atoms with Crippen LogP contribution < -0.4 is 10.1 Å². The van der Waals surface area contributed by atoms with E-state index in [-0.39, 0.29) is 22.1 Å². The number of hydrogen-bond donors (Lipinski definition) is 1. The Kier molecular flexibility index (Phi) is 6.04. The molecule has 2 aromatic rings. The fourth-order valence-electron chi connectivity index (χ4n) is 2.70. The van der Waals surface area contributed by atoms with Gasteiger partial charge in [0.25, 0.3) is 5.91 Å². The molecule has 0 spiro atoms. The SMILES string of the molecule is CSc1ncc(C(=O)Nc2c(Cl)cncc2Cl)cc1OC1CCCC1. The lowest BCUT2D eigenvalue weighted by Crippen LogP contribution is -2.15. The van der Waals surface area contributed by atoms with Crippen molar-refractivity contribution in [3.8, 4) is 5.75 Å². The normalized spacial score (nSPS) is 14.5. The number of amides is 1. The van der Waals surface area contributed by atoms with E-state index in [0.717, 1.165) is 17.9 Å². The average Bonchev–Trinajstić information content (AvgIpc) is 3.11. The average molecular weight is 398 g/mol. The second-order valence-electron chi connectivity index (χ2n) is 5.69. The summed E-state index contributed by atoms with van der Waals surface area (Å²) in [4.78, 5) is 20.8. The van der Waals surface area contributed by atoms with Gasteiger partial charge in [-0.2, -0.15) is 0 Å². The fourth-order valence-corrected chi connectivity index (χ4v) is 3.62. The Labute approximate surface area is 160 Å². The van der Waals surface area contributed by atoms with Crippen molar-refractivity contribution in [3.05, 3.63) is 40.3 Å². The number of nitrogens with zero attached hydrogens (tertiary/aromatic N) is 2. The highest BCUT2D eigenvalue weighted by Crippen LogP contribution is 2.32. The molecule has 3 rings (SSSR count). The predicted octanol–water partition coefficient (Wildman–Crippen LogP) is 5.08. The first kappa shape index (κ1) is 18.3. The number of nitrogens with one attached hydrogen (secondary N) is 1. The maximum Gasteiger partial charge on any atom is 0.257 e. The molecule has 0 atom stereocenters. The van der Waals surface area contributed by atoms with Gasteiger partial charge in [-0.3, -0.25) is 9.78 Å². The highest BCUT2D eigenvalue weighted by atomic mass is 35.5. The van der Waals surface area contributed by atoms with Crippen LogP contribution in [0.3, 0.4) is 0 Å². The van der Waals surface area contributed by atoms with Gasteiger partial charge in [0.15, 0.2) is 5.75 Å². The van der Waals surface area contributed by atoms with Crippen molar-refractivity contribution >= 4 is 46.6 Å². The van der Waals surface area contributed by atoms with E-state index in [4.69, 9.17) is 27.9 Å². The van der Waals surface area contributed by atoms with Crippen LogP contribution >= 0.6 is 35.0 Å². The molecule has 25 heavy (non-hydrogen) atoms. The van der Waals surface area contributed by atoms with Crippen LogP contribution in [0.2, 0.25) is 10.0 Å². The van der Waals surface area contributed by atoms with E-state index in [1.807, 2.05) is 6.26 Å². The van der Waals surface area contributed by atoms with Gasteiger partial charge < -0.3 is 10.1 Å². The maximum atomic E-state index is 12.6. The van der Waals surface area contributed by atoms with Crippen LogP contribution in [0.5, 0.6) is 5.75 Å². The third-order valence-electron chi connectivity index (χ3n) is 3.96. The zero-order valence-corrected chi connectivity index (χ0v) is 15.9. The Morgan fingerprint density at radius 2 is 1.92 bits per heavy atom. The van der Waals surface area contributed by atoms with Crippen molar-refractivity contribution in [3.63, 3.8) is 0 Å². The number of anilines is 1. The van der Waals surface area contributed by atoms with Gasteiger partial charge in [-0.1, -0.05) is 23.2 Å². The molecule has 0 unspecified atom stereocenters. The standard InChI is InChI=1S/C17H17Cl2N3O2S/c1-25-17-14(24-11-4-2-3-5-11)6-10(7-21-17)16(23)22-15-12(18)8-20-9-13(15)19/h6-9,11H,2-5H2,1H3,(H,20,22,23). The van der Waals surface area contributed by atoms with Crippen LogP contribution in [0.15, 0.2) is 29.7 Å². The Balaban J connectivity index is 1.82. The van der Waals surface area contributed by atoms with Crippen molar-refractivity contribution in [2.75, 3.05) is 11.6 Å². The van der Waals surface area contributed by atoms with Crippen LogP contribution in [0.4, 0.5) is 5.69 Å². The summed E-state index contributed by atoms with van der Waals surface area (Å²) >= 11 is 13.6. The van der Waals surface area contributed by atoms with E-state index in [1.165, 1.54) is 43.2 Å². The van der Waals surface area contributed by atoms with E-state index in [1.54, 1.807) is 6.07 Å². The molecule has 1 aliphatic carbocycles. The first-order chi connectivity index (χ1) is 12.1. The number of pyridine rings is 2. The first-order valence-corrected chi connectivity index (χ1v) is 9.87. The number of ether oxygens (including phenoxy) is 1. The molecular weight excluding hydrogens is 381 g/mol. The van der Waals surface area contributed by atoms with Gasteiger partial charge in [0.1, 0.15) is 5.03 Å². The number of hydrogen-bond acceptors (Lipinski definition) is 5. The first-order valence-electron chi connectivity index (χ1n) is 7.89. The van der Waals surface area contributed by atoms with E-state index < -0.39 is 0 Å². The molecule has 0 radical (unpaired) electrons. The van der Waals surface area contributed by atoms with Crippen LogP contribution in [-0.4, -0.2) is 28.2 Å². The van der Waals surface area contributed by atoms with E-state index in [9.17, 15) is 4.79 Å². The number of halogens is 2. The van der Waals surface area contributed by atoms with Crippen molar-refractivity contribution in [2.45, 2.75) is 36.8 Å². The monoisotopic (exact) mass is 397 g/mol. The lowest BCUT2D eigenvalue weighted by Gasteiger charge is -2.16. The van der Waals surface area contributed by atoms with Crippen LogP contribution in [0, 0.1) is 0 Å². The predicted molar refractivity (Wildman–Crippen MR) is 101 cm³/mol. The summed E-state index contributed by atoms with van der Waals surface area (Å²) in [7, 11) is 0. The molecule has 5 nitrogen and oxygen atoms in total. The van der Waals surface area contributed by atoms with Gasteiger partial charge in [0.2, 0.25) is 0 Å². The minimum atomic E-state index is -0.355. The molecule has 1 amide bonds. The van der Waals surface area contributed by atoms with Crippen molar-refractivity contribution in [1.29, 1.82) is 0 Å². The number of thioether (sulfide) groups is 1. The third kappa shape index (κ3) is 4.37. The van der Waals surface area contributed by atoms with Gasteiger partial charge in [-0.15, -0.1) is 11.8 Å². The van der Waals surface area contributed by atoms with Crippen molar-refractivity contribution in [1.82, 2.24) is 9.97 Å². The molecule has 2 heterocycles. The lowest BCUT2D eigenvalue weighted by atomic mass is 10.2. The Hall–Kier alpha value is -1.50. The van der Waals surface area contributed by atoms with Crippen LogP contribution in [0.1, 0.15) is 36.0 Å².